The summed E-state index contributed by atoms with van der Waals surface area (Å²) in [6.45, 7) is -1.86. The van der Waals surface area contributed by atoms with E-state index >= 15 is 0 Å². The maximum atomic E-state index is 13.5. The molecule has 1 aromatic rings. The molecule has 0 atom stereocenters. The Kier molecular flexibility index (Phi) is 4.98. The van der Waals surface area contributed by atoms with Gasteiger partial charge in [0.05, 0.1) is 6.54 Å². The smallest absolute Gasteiger partial charge is 0.320 e. The second kappa shape index (κ2) is 5.82. The van der Waals surface area contributed by atoms with E-state index in [1.807, 2.05) is 0 Å². The van der Waals surface area contributed by atoms with Gasteiger partial charge in [0.2, 0.25) is 10.0 Å². The summed E-state index contributed by atoms with van der Waals surface area (Å²) >= 11 is 2.84. The van der Waals surface area contributed by atoms with Gasteiger partial charge in [0, 0.05) is 10.2 Å². The van der Waals surface area contributed by atoms with Gasteiger partial charge >= 0.3 is 12.3 Å². The number of nitrogen functional groups attached to an aromatic ring is 1. The summed E-state index contributed by atoms with van der Waals surface area (Å²) in [5, 5.41) is 0. The first-order valence-corrected chi connectivity index (χ1v) is 7.15. The Labute approximate surface area is 119 Å². The molecule has 1 rings (SSSR count). The molecular weight excluding hydrogens is 375 g/mol. The fourth-order valence-corrected chi connectivity index (χ4v) is 2.55. The van der Waals surface area contributed by atoms with Crippen molar-refractivity contribution in [2.24, 2.45) is 0 Å². The molecule has 0 aliphatic carbocycles. The van der Waals surface area contributed by atoms with Crippen molar-refractivity contribution in [2.45, 2.75) is 17.2 Å². The number of sulfonamides is 1. The van der Waals surface area contributed by atoms with Gasteiger partial charge in [-0.3, -0.25) is 0 Å². The lowest BCUT2D eigenvalue weighted by Crippen LogP contribution is -2.41. The van der Waals surface area contributed by atoms with Crippen LogP contribution in [0.1, 0.15) is 0 Å². The van der Waals surface area contributed by atoms with Crippen LogP contribution < -0.4 is 10.5 Å². The third kappa shape index (κ3) is 3.79. The summed E-state index contributed by atoms with van der Waals surface area (Å²) in [4.78, 5) is -1.01. The van der Waals surface area contributed by atoms with Gasteiger partial charge in [0.15, 0.2) is 0 Å². The SMILES string of the molecule is Nc1cc(S(=O)(=O)NCC(F)(F)C(F)F)c(F)cc1Br. The van der Waals surface area contributed by atoms with Crippen molar-refractivity contribution >= 4 is 31.6 Å². The molecule has 4 nitrogen and oxygen atoms in total. The molecule has 0 heterocycles. The standard InChI is InChI=1S/C9H8BrF5N2O2S/c10-4-1-5(11)7(2-6(4)16)20(18,19)17-3-9(14,15)8(12)13/h1-2,8,17H,3,16H2. The van der Waals surface area contributed by atoms with E-state index < -0.39 is 39.6 Å². The first-order valence-electron chi connectivity index (χ1n) is 4.87. The summed E-state index contributed by atoms with van der Waals surface area (Å²) in [6.07, 6.45) is -4.05. The fourth-order valence-electron chi connectivity index (χ4n) is 1.10. The molecule has 20 heavy (non-hydrogen) atoms. The maximum absolute atomic E-state index is 13.5. The third-order valence-electron chi connectivity index (χ3n) is 2.16. The minimum absolute atomic E-state index is 0.0619. The summed E-state index contributed by atoms with van der Waals surface area (Å²) in [7, 11) is -4.74. The number of hydrogen-bond acceptors (Lipinski definition) is 3. The Morgan fingerprint density at radius 2 is 1.90 bits per heavy atom. The predicted molar refractivity (Wildman–Crippen MR) is 64.7 cm³/mol. The Balaban J connectivity index is 3.04. The molecule has 0 unspecified atom stereocenters. The molecule has 0 bridgehead atoms. The first-order chi connectivity index (χ1) is 8.97. The van der Waals surface area contributed by atoms with E-state index in [-0.39, 0.29) is 10.2 Å². The van der Waals surface area contributed by atoms with Crippen LogP contribution in [0.25, 0.3) is 0 Å². The van der Waals surface area contributed by atoms with Crippen molar-refractivity contribution in [1.29, 1.82) is 0 Å². The van der Waals surface area contributed by atoms with Crippen LogP contribution in [0.3, 0.4) is 0 Å². The second-order valence-electron chi connectivity index (χ2n) is 3.69. The number of benzene rings is 1. The van der Waals surface area contributed by atoms with E-state index in [0.717, 1.165) is 6.07 Å². The number of anilines is 1. The molecule has 114 valence electrons. The zero-order chi connectivity index (χ0) is 15.7. The first kappa shape index (κ1) is 17.1. The van der Waals surface area contributed by atoms with Crippen LogP contribution in [0.15, 0.2) is 21.5 Å². The largest absolute Gasteiger partial charge is 0.398 e. The van der Waals surface area contributed by atoms with E-state index in [1.165, 1.54) is 4.72 Å². The highest BCUT2D eigenvalue weighted by molar-refractivity contribution is 9.10. The zero-order valence-corrected chi connectivity index (χ0v) is 11.9. The second-order valence-corrected chi connectivity index (χ2v) is 6.28. The molecule has 0 spiro atoms. The summed E-state index contributed by atoms with van der Waals surface area (Å²) in [5.41, 5.74) is 5.18. The van der Waals surface area contributed by atoms with Crippen LogP contribution in [0, 0.1) is 5.82 Å². The molecule has 3 N–H and O–H groups in total. The number of halogens is 6. The summed E-state index contributed by atoms with van der Waals surface area (Å²) in [6, 6.07) is 1.40. The van der Waals surface area contributed by atoms with E-state index in [9.17, 15) is 30.4 Å². The van der Waals surface area contributed by atoms with E-state index in [4.69, 9.17) is 5.73 Å². The zero-order valence-electron chi connectivity index (χ0n) is 9.51. The number of hydrogen-bond donors (Lipinski definition) is 2. The van der Waals surface area contributed by atoms with Crippen molar-refractivity contribution in [3.63, 3.8) is 0 Å². The highest BCUT2D eigenvalue weighted by atomic mass is 79.9. The Morgan fingerprint density at radius 3 is 2.40 bits per heavy atom. The maximum Gasteiger partial charge on any atom is 0.320 e. The molecule has 0 fully saturated rings. The average Bonchev–Trinajstić information content (AvgIpc) is 2.31. The minimum Gasteiger partial charge on any atom is -0.398 e. The van der Waals surface area contributed by atoms with Crippen molar-refractivity contribution in [2.75, 3.05) is 12.3 Å². The topological polar surface area (TPSA) is 72.2 Å². The summed E-state index contributed by atoms with van der Waals surface area (Å²) < 4.78 is 87.0. The Hall–Kier alpha value is -0.940. The van der Waals surface area contributed by atoms with Gasteiger partial charge in [0.25, 0.3) is 0 Å². The Bertz CT molecular complexity index is 609. The van der Waals surface area contributed by atoms with Crippen molar-refractivity contribution < 1.29 is 30.4 Å². The van der Waals surface area contributed by atoms with E-state index in [0.29, 0.717) is 6.07 Å². The van der Waals surface area contributed by atoms with Crippen LogP contribution in [0.4, 0.5) is 27.6 Å². The van der Waals surface area contributed by atoms with Gasteiger partial charge in [-0.2, -0.15) is 8.78 Å². The fraction of sp³-hybridized carbons (Fsp3) is 0.333. The molecular formula is C9H8BrF5N2O2S. The monoisotopic (exact) mass is 382 g/mol. The molecule has 11 heteroatoms. The number of nitrogens with two attached hydrogens (primary N) is 1. The van der Waals surface area contributed by atoms with E-state index in [2.05, 4.69) is 15.9 Å². The molecule has 0 aliphatic heterocycles. The van der Waals surface area contributed by atoms with Gasteiger partial charge in [-0.05, 0) is 28.1 Å². The summed E-state index contributed by atoms with van der Waals surface area (Å²) in [5.74, 6) is -5.83. The minimum atomic E-state index is -4.74. The van der Waals surface area contributed by atoms with Gasteiger partial charge in [-0.1, -0.05) is 0 Å². The molecule has 0 radical (unpaired) electrons. The van der Waals surface area contributed by atoms with Crippen LogP contribution in [0.5, 0.6) is 0 Å². The lowest BCUT2D eigenvalue weighted by molar-refractivity contribution is -0.122. The predicted octanol–water partition coefficient (Wildman–Crippen LogP) is 2.35. The van der Waals surface area contributed by atoms with Gasteiger partial charge < -0.3 is 5.73 Å². The molecule has 0 saturated carbocycles. The quantitative estimate of drug-likeness (QED) is 0.606. The highest BCUT2D eigenvalue weighted by Gasteiger charge is 2.41. The lowest BCUT2D eigenvalue weighted by Gasteiger charge is -2.16. The van der Waals surface area contributed by atoms with Crippen LogP contribution in [-0.2, 0) is 10.0 Å². The molecule has 0 amide bonds. The normalized spacial score (nSPS) is 12.9. The van der Waals surface area contributed by atoms with Gasteiger partial charge in [-0.15, -0.1) is 0 Å². The van der Waals surface area contributed by atoms with Crippen molar-refractivity contribution in [1.82, 2.24) is 4.72 Å². The van der Waals surface area contributed by atoms with E-state index in [1.54, 1.807) is 0 Å². The molecule has 0 saturated heterocycles. The van der Waals surface area contributed by atoms with Gasteiger partial charge in [-0.25, -0.2) is 26.3 Å². The molecule has 1 aromatic carbocycles. The number of alkyl halides is 4. The van der Waals surface area contributed by atoms with Gasteiger partial charge in [0.1, 0.15) is 10.7 Å². The molecule has 0 aromatic heterocycles. The van der Waals surface area contributed by atoms with Crippen LogP contribution in [-0.4, -0.2) is 27.3 Å². The number of rotatable bonds is 5. The average molecular weight is 383 g/mol. The van der Waals surface area contributed by atoms with Crippen LogP contribution in [0.2, 0.25) is 0 Å². The van der Waals surface area contributed by atoms with Crippen molar-refractivity contribution in [3.05, 3.63) is 22.4 Å². The highest BCUT2D eigenvalue weighted by Crippen LogP contribution is 2.27. The van der Waals surface area contributed by atoms with Crippen molar-refractivity contribution in [3.8, 4) is 0 Å². The Morgan fingerprint density at radius 1 is 1.35 bits per heavy atom. The molecule has 0 aliphatic rings. The lowest BCUT2D eigenvalue weighted by atomic mass is 10.3. The van der Waals surface area contributed by atoms with Crippen LogP contribution >= 0.6 is 15.9 Å². The third-order valence-corrected chi connectivity index (χ3v) is 4.26. The number of nitrogens with one attached hydrogen (secondary N) is 1.